The molecule has 3 unspecified atom stereocenters. The van der Waals surface area contributed by atoms with Gasteiger partial charge in [-0.05, 0) is 44.7 Å². The highest BCUT2D eigenvalue weighted by Gasteiger charge is 2.71. The second-order valence-electron chi connectivity index (χ2n) is 11.4. The van der Waals surface area contributed by atoms with Crippen molar-refractivity contribution >= 4 is 28.8 Å². The van der Waals surface area contributed by atoms with Gasteiger partial charge in [-0.25, -0.2) is 4.68 Å². The lowest BCUT2D eigenvalue weighted by Gasteiger charge is -2.35. The maximum Gasteiger partial charge on any atom is 0.313 e. The number of para-hydroxylation sites is 1. The van der Waals surface area contributed by atoms with Gasteiger partial charge in [0.2, 0.25) is 5.91 Å². The minimum atomic E-state index is -1.29. The first-order valence-electron chi connectivity index (χ1n) is 14.7. The highest BCUT2D eigenvalue weighted by molar-refractivity contribution is 5.99. The van der Waals surface area contributed by atoms with Gasteiger partial charge in [-0.1, -0.05) is 54.5 Å². The number of rotatable bonds is 8. The fourth-order valence-corrected chi connectivity index (χ4v) is 6.79. The van der Waals surface area contributed by atoms with Crippen molar-refractivity contribution in [3.63, 3.8) is 0 Å². The number of allylic oxidation sites excluding steroid dienone is 1. The van der Waals surface area contributed by atoms with Gasteiger partial charge in [-0.2, -0.15) is 0 Å². The van der Waals surface area contributed by atoms with Gasteiger partial charge in [0.15, 0.2) is 0 Å². The van der Waals surface area contributed by atoms with Gasteiger partial charge in [0.05, 0.1) is 23.6 Å². The fraction of sp³-hybridized carbons (Fsp3) is 0.567. The zero-order chi connectivity index (χ0) is 28.6. The molecule has 2 saturated heterocycles. The van der Waals surface area contributed by atoms with E-state index in [4.69, 9.17) is 14.6 Å². The molecular weight excluding hydrogens is 526 g/mol. The average molecular weight is 564 g/mol. The number of aromatic nitrogens is 3. The van der Waals surface area contributed by atoms with Gasteiger partial charge in [-0.15, -0.1) is 5.10 Å². The quantitative estimate of drug-likeness (QED) is 0.294. The lowest BCUT2D eigenvalue weighted by Crippen LogP contribution is -2.55. The number of fused-ring (bicyclic) bond motifs is 3. The Morgan fingerprint density at radius 3 is 2.76 bits per heavy atom. The van der Waals surface area contributed by atoms with Crippen molar-refractivity contribution in [2.24, 2.45) is 11.8 Å². The van der Waals surface area contributed by atoms with E-state index in [1.54, 1.807) is 14.5 Å². The molecule has 0 bridgehead atoms. The first-order valence-corrected chi connectivity index (χ1v) is 14.7. The molecule has 218 valence electrons. The molecule has 2 fully saturated rings. The van der Waals surface area contributed by atoms with E-state index in [-0.39, 0.29) is 31.2 Å². The number of likely N-dealkylation sites (tertiary alicyclic amines) is 1. The van der Waals surface area contributed by atoms with Gasteiger partial charge >= 0.3 is 5.97 Å². The summed E-state index contributed by atoms with van der Waals surface area (Å²) in [5.74, 6) is -2.68. The molecule has 0 saturated carbocycles. The number of amides is 2. The number of unbranched alkanes of at least 4 members (excludes halogenated alkanes) is 3. The first-order chi connectivity index (χ1) is 19.9. The SMILES string of the molecule is CC1CC/C=C\[C@H]2OC34C=CCN(Cn5nnc6ccccc65)C(=O)[C@H]3N(CCCCCCO)C(=O)[C@@H]4C2C(=O)O1. The van der Waals surface area contributed by atoms with Crippen LogP contribution in [0.15, 0.2) is 48.6 Å². The molecule has 1 aromatic heterocycles. The number of hydrogen-bond acceptors (Lipinski definition) is 8. The molecule has 0 radical (unpaired) electrons. The molecule has 6 rings (SSSR count). The number of benzene rings is 1. The Balaban J connectivity index is 1.35. The number of nitrogens with zero attached hydrogens (tertiary/aromatic N) is 5. The van der Waals surface area contributed by atoms with E-state index in [2.05, 4.69) is 10.3 Å². The fourth-order valence-electron chi connectivity index (χ4n) is 6.79. The number of hydrogen-bond donors (Lipinski definition) is 1. The molecule has 6 atom stereocenters. The second-order valence-corrected chi connectivity index (χ2v) is 11.4. The Morgan fingerprint density at radius 1 is 1.07 bits per heavy atom. The van der Waals surface area contributed by atoms with Crippen molar-refractivity contribution in [1.82, 2.24) is 24.8 Å². The van der Waals surface area contributed by atoms with Gasteiger partial charge in [-0.3, -0.25) is 14.4 Å². The van der Waals surface area contributed by atoms with Crippen LogP contribution in [0.5, 0.6) is 0 Å². The third-order valence-corrected chi connectivity index (χ3v) is 8.76. The summed E-state index contributed by atoms with van der Waals surface area (Å²) >= 11 is 0. The normalized spacial score (nSPS) is 32.1. The number of aliphatic hydroxyl groups is 1. The van der Waals surface area contributed by atoms with Crippen molar-refractivity contribution < 1.29 is 29.0 Å². The molecule has 2 amide bonds. The average Bonchev–Trinajstić information content (AvgIpc) is 3.56. The van der Waals surface area contributed by atoms with Crippen LogP contribution in [0.1, 0.15) is 45.4 Å². The highest BCUT2D eigenvalue weighted by atomic mass is 16.6. The largest absolute Gasteiger partial charge is 0.462 e. The molecule has 1 spiro atoms. The maximum absolute atomic E-state index is 14.4. The molecule has 4 aliphatic rings. The molecule has 2 aromatic rings. The van der Waals surface area contributed by atoms with Crippen LogP contribution in [0.4, 0.5) is 0 Å². The van der Waals surface area contributed by atoms with Crippen LogP contribution < -0.4 is 0 Å². The number of esters is 1. The highest BCUT2D eigenvalue weighted by Crippen LogP contribution is 2.53. The van der Waals surface area contributed by atoms with Crippen LogP contribution in [0.3, 0.4) is 0 Å². The van der Waals surface area contributed by atoms with Gasteiger partial charge in [0, 0.05) is 19.7 Å². The van der Waals surface area contributed by atoms with Crippen molar-refractivity contribution in [3.05, 3.63) is 48.6 Å². The molecule has 11 heteroatoms. The number of aliphatic hydroxyl groups excluding tert-OH is 1. The Hall–Kier alpha value is -3.57. The Bertz CT molecular complexity index is 1370. The Morgan fingerprint density at radius 2 is 1.90 bits per heavy atom. The second kappa shape index (κ2) is 11.4. The maximum atomic E-state index is 14.4. The van der Waals surface area contributed by atoms with E-state index in [1.807, 2.05) is 55.5 Å². The van der Waals surface area contributed by atoms with Crippen LogP contribution in [-0.2, 0) is 30.5 Å². The summed E-state index contributed by atoms with van der Waals surface area (Å²) in [6.07, 6.45) is 11.0. The summed E-state index contributed by atoms with van der Waals surface area (Å²) in [4.78, 5) is 45.5. The predicted molar refractivity (Wildman–Crippen MR) is 148 cm³/mol. The molecule has 0 aliphatic carbocycles. The monoisotopic (exact) mass is 563 g/mol. The minimum absolute atomic E-state index is 0.122. The summed E-state index contributed by atoms with van der Waals surface area (Å²) in [5.41, 5.74) is 0.241. The predicted octanol–water partition coefficient (Wildman–Crippen LogP) is 2.20. The molecule has 41 heavy (non-hydrogen) atoms. The zero-order valence-electron chi connectivity index (χ0n) is 23.3. The van der Waals surface area contributed by atoms with Crippen LogP contribution in [0, 0.1) is 11.8 Å². The standard InChI is InChI=1S/C30H37N5O6/c1-20-11-4-7-14-23-24(29(39)40-20)25-27(37)34(17-8-2-3-9-18-36)26-28(38)33(16-10-15-30(25,26)41-23)19-35-22-13-6-5-12-21(22)31-32-35/h5-7,10,12-15,20,23-26,36H,2-4,8-9,11,16-19H2,1H3/b14-7-/t20?,23-,24?,25+,26-,30?/m1/s1. The van der Waals surface area contributed by atoms with Crippen molar-refractivity contribution in [3.8, 4) is 0 Å². The third kappa shape index (κ3) is 4.84. The summed E-state index contributed by atoms with van der Waals surface area (Å²) in [7, 11) is 0. The lowest BCUT2D eigenvalue weighted by atomic mass is 9.78. The summed E-state index contributed by atoms with van der Waals surface area (Å²) < 4.78 is 14.1. The molecule has 5 heterocycles. The number of ether oxygens (including phenoxy) is 2. The molecule has 11 nitrogen and oxygen atoms in total. The Labute approximate surface area is 238 Å². The smallest absolute Gasteiger partial charge is 0.313 e. The lowest BCUT2D eigenvalue weighted by molar-refractivity contribution is -0.158. The van der Waals surface area contributed by atoms with E-state index < -0.39 is 35.6 Å². The van der Waals surface area contributed by atoms with E-state index in [9.17, 15) is 14.4 Å². The first kappa shape index (κ1) is 27.6. The van der Waals surface area contributed by atoms with Gasteiger partial charge < -0.3 is 24.4 Å². The third-order valence-electron chi connectivity index (χ3n) is 8.76. The number of cyclic esters (lactones) is 1. The molecular formula is C30H37N5O6. The molecule has 4 aliphatic heterocycles. The summed E-state index contributed by atoms with van der Waals surface area (Å²) in [6.45, 7) is 2.79. The van der Waals surface area contributed by atoms with E-state index in [0.29, 0.717) is 32.4 Å². The van der Waals surface area contributed by atoms with Crippen molar-refractivity contribution in [2.45, 2.75) is 76.0 Å². The van der Waals surface area contributed by atoms with Crippen LogP contribution in [0.2, 0.25) is 0 Å². The van der Waals surface area contributed by atoms with Crippen molar-refractivity contribution in [1.29, 1.82) is 0 Å². The molecule has 1 aromatic carbocycles. The summed E-state index contributed by atoms with van der Waals surface area (Å²) in [6, 6.07) is 6.62. The van der Waals surface area contributed by atoms with Crippen molar-refractivity contribution in [2.75, 3.05) is 19.7 Å². The Kier molecular flexibility index (Phi) is 7.65. The topological polar surface area (TPSA) is 127 Å². The molecule has 1 N–H and O–H groups in total. The number of carbonyl (C=O) groups excluding carboxylic acids is 3. The van der Waals surface area contributed by atoms with Gasteiger partial charge in [0.1, 0.15) is 29.7 Å². The summed E-state index contributed by atoms with van der Waals surface area (Å²) in [5, 5.41) is 17.7. The van der Waals surface area contributed by atoms with Crippen LogP contribution in [-0.4, -0.2) is 91.2 Å². The van der Waals surface area contributed by atoms with E-state index in [1.165, 1.54) is 0 Å². The van der Waals surface area contributed by atoms with E-state index >= 15 is 0 Å². The number of carbonyl (C=O) groups is 3. The van der Waals surface area contributed by atoms with E-state index in [0.717, 1.165) is 30.3 Å². The zero-order valence-corrected chi connectivity index (χ0v) is 23.3. The minimum Gasteiger partial charge on any atom is -0.462 e. The van der Waals surface area contributed by atoms with Crippen LogP contribution >= 0.6 is 0 Å². The van der Waals surface area contributed by atoms with Crippen LogP contribution in [0.25, 0.3) is 11.0 Å². The van der Waals surface area contributed by atoms with Gasteiger partial charge in [0.25, 0.3) is 5.91 Å².